The van der Waals surface area contributed by atoms with Gasteiger partial charge in [-0.3, -0.25) is 4.79 Å². The van der Waals surface area contributed by atoms with Crippen molar-refractivity contribution in [1.29, 1.82) is 0 Å². The lowest BCUT2D eigenvalue weighted by Crippen LogP contribution is -2.50. The minimum Gasteiger partial charge on any atom is -0.368 e. The van der Waals surface area contributed by atoms with Crippen LogP contribution in [0.4, 0.5) is 10.1 Å². The third-order valence-electron chi connectivity index (χ3n) is 5.38. The zero-order valence-corrected chi connectivity index (χ0v) is 18.1. The Balaban J connectivity index is 1.34. The first-order valence-electron chi connectivity index (χ1n) is 10.2. The van der Waals surface area contributed by atoms with Crippen molar-refractivity contribution in [3.8, 4) is 0 Å². The highest BCUT2D eigenvalue weighted by Gasteiger charge is 2.27. The lowest BCUT2D eigenvalue weighted by molar-refractivity contribution is -0.130. The van der Waals surface area contributed by atoms with E-state index in [-0.39, 0.29) is 23.4 Å². The second-order valence-electron chi connectivity index (χ2n) is 7.44. The van der Waals surface area contributed by atoms with Crippen LogP contribution in [0, 0.1) is 5.82 Å². The number of para-hydroxylation sites is 1. The maximum atomic E-state index is 13.9. The summed E-state index contributed by atoms with van der Waals surface area (Å²) < 4.78 is 15.3. The summed E-state index contributed by atoms with van der Waals surface area (Å²) in [5.41, 5.74) is 1.68. The van der Waals surface area contributed by atoms with E-state index in [1.54, 1.807) is 18.2 Å². The number of anilines is 1. The summed E-state index contributed by atoms with van der Waals surface area (Å²) in [6, 6.07) is 16.7. The molecule has 31 heavy (non-hydrogen) atoms. The molecule has 1 amide bonds. The first kappa shape index (κ1) is 21.2. The van der Waals surface area contributed by atoms with Crippen LogP contribution < -0.4 is 10.7 Å². The number of halogens is 1. The quantitative estimate of drug-likeness (QED) is 0.469. The fourth-order valence-corrected chi connectivity index (χ4v) is 4.48. The van der Waals surface area contributed by atoms with Crippen LogP contribution in [0.15, 0.2) is 59.8 Å². The van der Waals surface area contributed by atoms with Gasteiger partial charge in [-0.1, -0.05) is 48.2 Å². The summed E-state index contributed by atoms with van der Waals surface area (Å²) in [4.78, 5) is 17.1. The van der Waals surface area contributed by atoms with E-state index in [9.17, 15) is 9.18 Å². The van der Waals surface area contributed by atoms with Gasteiger partial charge in [0.25, 0.3) is 0 Å². The number of rotatable bonds is 6. The molecule has 1 saturated heterocycles. The number of nitrogens with zero attached hydrogens (tertiary/aromatic N) is 5. The molecule has 1 aliphatic heterocycles. The Bertz CT molecular complexity index is 1040. The number of hydrogen-bond donors (Lipinski definition) is 1. The standard InChI is InChI=1S/C22H25FN6OS/c1-16(21(30)28-13-11-27(12-14-28)18-8-3-2-4-9-18)31-22-26-25-20(29(22)24)15-17-7-5-6-10-19(17)23/h2-10,16H,11-15,24H2,1H3/t16-/m0/s1. The van der Waals surface area contributed by atoms with Gasteiger partial charge in [0, 0.05) is 38.3 Å². The van der Waals surface area contributed by atoms with E-state index < -0.39 is 0 Å². The molecular formula is C22H25FN6OS. The van der Waals surface area contributed by atoms with Crippen LogP contribution in [0.25, 0.3) is 0 Å². The SMILES string of the molecule is C[C@H](Sc1nnc(Cc2ccccc2F)n1N)C(=O)N1CCN(c2ccccc2)CC1. The maximum absolute atomic E-state index is 13.9. The Morgan fingerprint density at radius 1 is 1.06 bits per heavy atom. The van der Waals surface area contributed by atoms with E-state index in [1.807, 2.05) is 30.0 Å². The highest BCUT2D eigenvalue weighted by Crippen LogP contribution is 2.24. The molecule has 4 rings (SSSR count). The molecule has 7 nitrogen and oxygen atoms in total. The van der Waals surface area contributed by atoms with E-state index in [0.717, 1.165) is 13.1 Å². The van der Waals surface area contributed by atoms with E-state index in [1.165, 1.54) is 28.2 Å². The number of hydrogen-bond acceptors (Lipinski definition) is 6. The minimum absolute atomic E-state index is 0.0522. The van der Waals surface area contributed by atoms with Crippen LogP contribution in [0.1, 0.15) is 18.3 Å². The van der Waals surface area contributed by atoms with Crippen molar-refractivity contribution >= 4 is 23.4 Å². The molecule has 0 aliphatic carbocycles. The minimum atomic E-state index is -0.351. The van der Waals surface area contributed by atoms with Crippen molar-refractivity contribution in [3.63, 3.8) is 0 Å². The van der Waals surface area contributed by atoms with E-state index >= 15 is 0 Å². The van der Waals surface area contributed by atoms with Crippen molar-refractivity contribution in [2.45, 2.75) is 23.8 Å². The van der Waals surface area contributed by atoms with Crippen LogP contribution in [-0.4, -0.2) is 57.1 Å². The Hall–Kier alpha value is -3.07. The summed E-state index contributed by atoms with van der Waals surface area (Å²) in [5.74, 6) is 6.32. The molecule has 1 aliphatic rings. The van der Waals surface area contributed by atoms with Gasteiger partial charge < -0.3 is 15.6 Å². The van der Waals surface area contributed by atoms with Crippen LogP contribution >= 0.6 is 11.8 Å². The second kappa shape index (κ2) is 9.38. The van der Waals surface area contributed by atoms with Crippen molar-refractivity contribution < 1.29 is 9.18 Å². The fourth-order valence-electron chi connectivity index (χ4n) is 3.61. The Morgan fingerprint density at radius 3 is 2.45 bits per heavy atom. The van der Waals surface area contributed by atoms with Crippen LogP contribution in [0.3, 0.4) is 0 Å². The summed E-state index contributed by atoms with van der Waals surface area (Å²) in [6.45, 7) is 4.79. The zero-order valence-electron chi connectivity index (χ0n) is 17.3. The molecular weight excluding hydrogens is 415 g/mol. The molecule has 162 valence electrons. The number of carbonyl (C=O) groups excluding carboxylic acids is 1. The summed E-state index contributed by atoms with van der Waals surface area (Å²) >= 11 is 1.27. The van der Waals surface area contributed by atoms with E-state index in [2.05, 4.69) is 27.2 Å². The van der Waals surface area contributed by atoms with Gasteiger partial charge in [0.05, 0.1) is 5.25 Å². The third kappa shape index (κ3) is 4.82. The highest BCUT2D eigenvalue weighted by atomic mass is 32.2. The van der Waals surface area contributed by atoms with Crippen LogP contribution in [-0.2, 0) is 11.2 Å². The van der Waals surface area contributed by atoms with Crippen molar-refractivity contribution in [1.82, 2.24) is 19.8 Å². The van der Waals surface area contributed by atoms with Crippen molar-refractivity contribution in [3.05, 3.63) is 71.8 Å². The van der Waals surface area contributed by atoms with E-state index in [0.29, 0.717) is 29.6 Å². The van der Waals surface area contributed by atoms with Gasteiger partial charge in [-0.25, -0.2) is 9.07 Å². The molecule has 0 bridgehead atoms. The molecule has 0 spiro atoms. The van der Waals surface area contributed by atoms with Gasteiger partial charge in [-0.15, -0.1) is 10.2 Å². The molecule has 0 saturated carbocycles. The predicted octanol–water partition coefficient (Wildman–Crippen LogP) is 2.55. The fraction of sp³-hybridized carbons (Fsp3) is 0.318. The number of benzene rings is 2. The van der Waals surface area contributed by atoms with Crippen LogP contribution in [0.5, 0.6) is 0 Å². The van der Waals surface area contributed by atoms with Gasteiger partial charge in [0.1, 0.15) is 5.82 Å². The van der Waals surface area contributed by atoms with E-state index in [4.69, 9.17) is 5.84 Å². The lowest BCUT2D eigenvalue weighted by atomic mass is 10.1. The van der Waals surface area contributed by atoms with Crippen molar-refractivity contribution in [2.75, 3.05) is 36.9 Å². The Kier molecular flexibility index (Phi) is 6.41. The number of piperazine rings is 1. The lowest BCUT2D eigenvalue weighted by Gasteiger charge is -2.37. The molecule has 0 unspecified atom stereocenters. The second-order valence-corrected chi connectivity index (χ2v) is 8.75. The predicted molar refractivity (Wildman–Crippen MR) is 120 cm³/mol. The normalized spacial score (nSPS) is 15.2. The average molecular weight is 441 g/mol. The highest BCUT2D eigenvalue weighted by molar-refractivity contribution is 8.00. The largest absolute Gasteiger partial charge is 0.368 e. The molecule has 2 aromatic carbocycles. The molecule has 2 N–H and O–H groups in total. The van der Waals surface area contributed by atoms with Crippen molar-refractivity contribution in [2.24, 2.45) is 0 Å². The molecule has 1 aromatic heterocycles. The number of nitrogen functional groups attached to an aromatic ring is 1. The molecule has 3 aromatic rings. The summed E-state index contributed by atoms with van der Waals surface area (Å²) in [7, 11) is 0. The smallest absolute Gasteiger partial charge is 0.236 e. The zero-order chi connectivity index (χ0) is 21.8. The van der Waals surface area contributed by atoms with Gasteiger partial charge in [-0.2, -0.15) is 0 Å². The Labute approximate surface area is 185 Å². The Morgan fingerprint density at radius 2 is 1.74 bits per heavy atom. The molecule has 1 atom stereocenters. The average Bonchev–Trinajstić information content (AvgIpc) is 3.14. The first-order valence-corrected chi connectivity index (χ1v) is 11.1. The molecule has 0 radical (unpaired) electrons. The number of nitrogens with two attached hydrogens (primary N) is 1. The topological polar surface area (TPSA) is 80.3 Å². The van der Waals surface area contributed by atoms with Gasteiger partial charge in [0.2, 0.25) is 11.1 Å². The first-order chi connectivity index (χ1) is 15.0. The van der Waals surface area contributed by atoms with Gasteiger partial charge in [0.15, 0.2) is 5.82 Å². The third-order valence-corrected chi connectivity index (χ3v) is 6.43. The number of carbonyl (C=O) groups is 1. The number of aromatic nitrogens is 3. The maximum Gasteiger partial charge on any atom is 0.236 e. The van der Waals surface area contributed by atoms with Gasteiger partial charge in [-0.05, 0) is 30.7 Å². The van der Waals surface area contributed by atoms with Crippen LogP contribution in [0.2, 0.25) is 0 Å². The monoisotopic (exact) mass is 440 g/mol. The molecule has 9 heteroatoms. The number of amides is 1. The van der Waals surface area contributed by atoms with Gasteiger partial charge >= 0.3 is 0 Å². The molecule has 1 fully saturated rings. The number of thioether (sulfide) groups is 1. The summed E-state index contributed by atoms with van der Waals surface area (Å²) in [6.07, 6.45) is 0.237. The molecule has 2 heterocycles. The summed E-state index contributed by atoms with van der Waals surface area (Å²) in [5, 5.41) is 8.29.